The molecule has 0 aromatic carbocycles. The Morgan fingerprint density at radius 1 is 0.684 bits per heavy atom. The van der Waals surface area contributed by atoms with E-state index < -0.39 is 8.16 Å². The summed E-state index contributed by atoms with van der Waals surface area (Å²) in [6.45, 7) is 0. The van der Waals surface area contributed by atoms with Crippen molar-refractivity contribution in [2.45, 2.75) is 78.8 Å². The van der Waals surface area contributed by atoms with Gasteiger partial charge in [-0.25, -0.2) is 0 Å². The maximum atomic E-state index is 12.3. The minimum absolute atomic E-state index is 0.0567. The smallest absolute Gasteiger partial charge is 0.160 e. The van der Waals surface area contributed by atoms with Gasteiger partial charge in [-0.15, -0.1) is 0 Å². The summed E-state index contributed by atoms with van der Waals surface area (Å²) in [6, 6.07) is 0. The van der Waals surface area contributed by atoms with E-state index in [1.807, 2.05) is 0 Å². The van der Waals surface area contributed by atoms with Gasteiger partial charge in [0, 0.05) is 6.42 Å². The molecule has 0 aliphatic heterocycles. The quantitative estimate of drug-likeness (QED) is 0.362. The Bertz CT molecular complexity index is 289. The summed E-state index contributed by atoms with van der Waals surface area (Å²) in [6.07, 6.45) is 12.0. The summed E-state index contributed by atoms with van der Waals surface area (Å²) >= 11 is 18.0. The molecule has 0 spiro atoms. The van der Waals surface area contributed by atoms with Gasteiger partial charge in [-0.05, 0) is 12.8 Å². The van der Waals surface area contributed by atoms with Crippen molar-refractivity contribution in [3.63, 3.8) is 0 Å². The lowest BCUT2D eigenvalue weighted by molar-refractivity contribution is -0.119. The minimum Gasteiger partial charge on any atom is -0.297 e. The first kappa shape index (κ1) is 18.1. The Balaban J connectivity index is 2.64. The van der Waals surface area contributed by atoms with Crippen LogP contribution in [-0.4, -0.2) is 13.9 Å². The molecule has 5 heteroatoms. The van der Waals surface area contributed by atoms with Crippen molar-refractivity contribution in [3.05, 3.63) is 0 Å². The second kappa shape index (κ2) is 8.50. The van der Waals surface area contributed by atoms with E-state index in [0.717, 1.165) is 25.7 Å². The van der Waals surface area contributed by atoms with Gasteiger partial charge in [0.2, 0.25) is 0 Å². The van der Waals surface area contributed by atoms with Crippen molar-refractivity contribution in [3.8, 4) is 0 Å². The van der Waals surface area contributed by atoms with Gasteiger partial charge in [-0.1, -0.05) is 51.4 Å². The fourth-order valence-corrected chi connectivity index (χ4v) is 3.48. The molecule has 1 rings (SSSR count). The Kier molecular flexibility index (Phi) is 8.10. The molecule has 0 aromatic rings. The molecule has 0 bridgehead atoms. The fraction of sp³-hybridized carbons (Fsp3) is 0.929. The van der Waals surface area contributed by atoms with Crippen molar-refractivity contribution in [1.82, 2.24) is 0 Å². The highest BCUT2D eigenvalue weighted by Crippen LogP contribution is 2.46. The van der Waals surface area contributed by atoms with E-state index in [4.69, 9.17) is 0 Å². The van der Waals surface area contributed by atoms with Gasteiger partial charge in [0.25, 0.3) is 0 Å². The van der Waals surface area contributed by atoms with Crippen molar-refractivity contribution in [1.29, 1.82) is 0 Å². The molecular formula is C14H26OS4. The number of thiol groups is 4. The van der Waals surface area contributed by atoms with Crippen molar-refractivity contribution in [2.75, 3.05) is 0 Å². The Labute approximate surface area is 139 Å². The maximum Gasteiger partial charge on any atom is 0.160 e. The monoisotopic (exact) mass is 338 g/mol. The van der Waals surface area contributed by atoms with E-state index in [-0.39, 0.29) is 5.78 Å². The van der Waals surface area contributed by atoms with E-state index in [9.17, 15) is 4.79 Å². The topological polar surface area (TPSA) is 17.1 Å². The number of carbonyl (C=O) groups excluding carboxylic acids is 1. The highest BCUT2D eigenvalue weighted by atomic mass is 32.2. The molecule has 1 nitrogen and oxygen atoms in total. The SMILES string of the molecule is O=C1CCCCCCCCCCCC(S)(S)C1(S)S. The largest absolute Gasteiger partial charge is 0.297 e. The molecule has 112 valence electrons. The summed E-state index contributed by atoms with van der Waals surface area (Å²) in [5, 5.41) is 0. The molecule has 0 radical (unpaired) electrons. The summed E-state index contributed by atoms with van der Waals surface area (Å²) in [5.74, 6) is 0.0567. The molecule has 0 N–H and O–H groups in total. The standard InChI is InChI=1S/C14H26OS4/c15-12-10-8-6-4-2-1-3-5-7-9-11-13(16,17)14(12,18)19/h16-19H,1-11H2. The van der Waals surface area contributed by atoms with Crippen LogP contribution in [0.4, 0.5) is 0 Å². The number of hydrogen-bond donors (Lipinski definition) is 4. The number of rotatable bonds is 0. The minimum atomic E-state index is -1.05. The number of hydrogen-bond acceptors (Lipinski definition) is 5. The normalized spacial score (nSPS) is 26.6. The summed E-state index contributed by atoms with van der Waals surface area (Å²) < 4.78 is -1.80. The third-order valence-electron chi connectivity index (χ3n) is 3.88. The van der Waals surface area contributed by atoms with E-state index in [2.05, 4.69) is 50.5 Å². The van der Waals surface area contributed by atoms with Crippen LogP contribution in [0.15, 0.2) is 0 Å². The molecule has 0 aromatic heterocycles. The number of Topliss-reactive ketones (excluding diaryl/α,β-unsaturated/α-hetero) is 1. The second-order valence-electron chi connectivity index (χ2n) is 5.59. The van der Waals surface area contributed by atoms with Gasteiger partial charge < -0.3 is 0 Å². The Morgan fingerprint density at radius 2 is 1.11 bits per heavy atom. The molecule has 1 aliphatic rings. The molecular weight excluding hydrogens is 312 g/mol. The van der Waals surface area contributed by atoms with Crippen molar-refractivity contribution < 1.29 is 4.79 Å². The summed E-state index contributed by atoms with van der Waals surface area (Å²) in [5.41, 5.74) is 0. The zero-order chi connectivity index (χ0) is 14.4. The first-order chi connectivity index (χ1) is 8.88. The number of ketones is 1. The van der Waals surface area contributed by atoms with E-state index in [0.29, 0.717) is 6.42 Å². The second-order valence-corrected chi connectivity index (χ2v) is 9.17. The van der Waals surface area contributed by atoms with Gasteiger partial charge >= 0.3 is 0 Å². The third kappa shape index (κ3) is 5.76. The van der Waals surface area contributed by atoms with Gasteiger partial charge in [0.1, 0.15) is 4.08 Å². The zero-order valence-corrected chi connectivity index (χ0v) is 15.1. The Hall–Kier alpha value is 1.07. The lowest BCUT2D eigenvalue weighted by Gasteiger charge is -2.37. The molecule has 0 atom stereocenters. The van der Waals surface area contributed by atoms with E-state index in [1.54, 1.807) is 0 Å². The molecule has 0 unspecified atom stereocenters. The van der Waals surface area contributed by atoms with Crippen LogP contribution in [0.25, 0.3) is 0 Å². The zero-order valence-electron chi connectivity index (χ0n) is 11.5. The van der Waals surface area contributed by atoms with E-state index >= 15 is 0 Å². The predicted octanol–water partition coefficient (Wildman–Crippen LogP) is 4.97. The summed E-state index contributed by atoms with van der Waals surface area (Å²) in [7, 11) is 0. The molecule has 19 heavy (non-hydrogen) atoms. The first-order valence-corrected chi connectivity index (χ1v) is 9.09. The fourth-order valence-electron chi connectivity index (χ4n) is 2.47. The van der Waals surface area contributed by atoms with Crippen LogP contribution in [0.5, 0.6) is 0 Å². The van der Waals surface area contributed by atoms with Gasteiger partial charge in [-0.3, -0.25) is 4.79 Å². The summed E-state index contributed by atoms with van der Waals surface area (Å²) in [4.78, 5) is 12.3. The maximum absolute atomic E-state index is 12.3. The van der Waals surface area contributed by atoms with Gasteiger partial charge in [0.15, 0.2) is 5.78 Å². The van der Waals surface area contributed by atoms with E-state index in [1.165, 1.54) is 38.5 Å². The van der Waals surface area contributed by atoms with Crippen LogP contribution < -0.4 is 0 Å². The lowest BCUT2D eigenvalue weighted by atomic mass is 9.99. The molecule has 1 aliphatic carbocycles. The molecule has 0 amide bonds. The Morgan fingerprint density at radius 3 is 1.63 bits per heavy atom. The van der Waals surface area contributed by atoms with Crippen LogP contribution in [0.3, 0.4) is 0 Å². The number of carbonyl (C=O) groups is 1. The lowest BCUT2D eigenvalue weighted by Crippen LogP contribution is -2.44. The highest BCUT2D eigenvalue weighted by Gasteiger charge is 2.46. The predicted molar refractivity (Wildman–Crippen MR) is 97.2 cm³/mol. The van der Waals surface area contributed by atoms with Crippen molar-refractivity contribution in [2.24, 2.45) is 0 Å². The average molecular weight is 339 g/mol. The van der Waals surface area contributed by atoms with Crippen LogP contribution in [-0.2, 0) is 4.79 Å². The van der Waals surface area contributed by atoms with Crippen LogP contribution in [0, 0.1) is 0 Å². The van der Waals surface area contributed by atoms with Crippen LogP contribution >= 0.6 is 50.5 Å². The molecule has 0 heterocycles. The van der Waals surface area contributed by atoms with Gasteiger partial charge in [0.05, 0.1) is 4.08 Å². The highest BCUT2D eigenvalue weighted by molar-refractivity contribution is 8.09. The van der Waals surface area contributed by atoms with Crippen molar-refractivity contribution >= 4 is 56.3 Å². The molecule has 1 saturated carbocycles. The van der Waals surface area contributed by atoms with Crippen LogP contribution in [0.2, 0.25) is 0 Å². The average Bonchev–Trinajstić information content (AvgIpc) is 2.34. The third-order valence-corrected chi connectivity index (χ3v) is 6.96. The van der Waals surface area contributed by atoms with Gasteiger partial charge in [-0.2, -0.15) is 50.5 Å². The van der Waals surface area contributed by atoms with Crippen LogP contribution in [0.1, 0.15) is 70.6 Å². The molecule has 0 saturated heterocycles. The molecule has 1 fully saturated rings. The first-order valence-electron chi connectivity index (χ1n) is 7.31.